The van der Waals surface area contributed by atoms with E-state index in [4.69, 9.17) is 5.26 Å². The van der Waals surface area contributed by atoms with Gasteiger partial charge in [-0.2, -0.15) is 13.0 Å². The molecule has 4 heteroatoms. The molecule has 1 nitrogen and oxygen atoms in total. The van der Waals surface area contributed by atoms with Gasteiger partial charge in [-0.3, -0.25) is 0 Å². The molecule has 0 aromatic carbocycles. The topological polar surface area (TPSA) is 23.8 Å². The van der Waals surface area contributed by atoms with E-state index in [9.17, 15) is 7.77 Å². The molecule has 0 aliphatic carbocycles. The maximum atomic E-state index is 12.2. The van der Waals surface area contributed by atoms with Gasteiger partial charge in [0.1, 0.15) is 0 Å². The van der Waals surface area contributed by atoms with Crippen molar-refractivity contribution in [3.05, 3.63) is 0 Å². The van der Waals surface area contributed by atoms with Gasteiger partial charge in [0.05, 0.1) is 16.9 Å². The van der Waals surface area contributed by atoms with Crippen LogP contribution in [0.2, 0.25) is 0 Å². The highest BCUT2D eigenvalue weighted by atomic mass is 32.3. The molecular weight excluding hydrogens is 168 g/mol. The van der Waals surface area contributed by atoms with Crippen molar-refractivity contribution in [1.29, 1.82) is 5.26 Å². The van der Waals surface area contributed by atoms with Gasteiger partial charge in [0.15, 0.2) is 0 Å². The van der Waals surface area contributed by atoms with Crippen molar-refractivity contribution >= 4 is 10.8 Å². The standard InChI is InChI=1S/C7H13F2NS/c1-11(8,9)7-5-3-2-4-6-10/h2-5,7H2,1H3. The van der Waals surface area contributed by atoms with Crippen molar-refractivity contribution in [1.82, 2.24) is 0 Å². The van der Waals surface area contributed by atoms with E-state index < -0.39 is 10.8 Å². The number of rotatable bonds is 5. The summed E-state index contributed by atoms with van der Waals surface area (Å²) in [5.74, 6) is 0.0262. The summed E-state index contributed by atoms with van der Waals surface area (Å²) >= 11 is 0. The third-order valence-corrected chi connectivity index (χ3v) is 2.30. The van der Waals surface area contributed by atoms with Crippen LogP contribution in [0.4, 0.5) is 7.77 Å². The van der Waals surface area contributed by atoms with Crippen LogP contribution in [0.15, 0.2) is 0 Å². The molecule has 0 aromatic heterocycles. The Kier molecular flexibility index (Phi) is 5.22. The number of nitrogens with zero attached hydrogens (tertiary/aromatic N) is 1. The van der Waals surface area contributed by atoms with Crippen LogP contribution >= 0.6 is 10.8 Å². The van der Waals surface area contributed by atoms with E-state index in [0.29, 0.717) is 12.8 Å². The molecule has 0 rings (SSSR count). The molecule has 0 saturated heterocycles. The Bertz CT molecular complexity index is 136. The van der Waals surface area contributed by atoms with E-state index in [-0.39, 0.29) is 5.75 Å². The molecule has 0 radical (unpaired) electrons. The van der Waals surface area contributed by atoms with Crippen molar-refractivity contribution in [2.75, 3.05) is 12.0 Å². The van der Waals surface area contributed by atoms with Crippen LogP contribution in [0.25, 0.3) is 0 Å². The molecular formula is C7H13F2NS. The molecule has 0 unspecified atom stereocenters. The first-order chi connectivity index (χ1) is 5.06. The van der Waals surface area contributed by atoms with E-state index in [0.717, 1.165) is 19.1 Å². The molecule has 0 heterocycles. The Hall–Kier alpha value is -0.300. The minimum Gasteiger partial charge on any atom is -0.198 e. The third kappa shape index (κ3) is 9.70. The number of hydrogen-bond donors (Lipinski definition) is 0. The maximum absolute atomic E-state index is 12.2. The summed E-state index contributed by atoms with van der Waals surface area (Å²) in [5.41, 5.74) is 0. The molecule has 0 N–H and O–H groups in total. The van der Waals surface area contributed by atoms with E-state index in [2.05, 4.69) is 0 Å². The first kappa shape index (κ1) is 10.7. The highest BCUT2D eigenvalue weighted by Crippen LogP contribution is 2.47. The largest absolute Gasteiger partial charge is 0.198 e. The Balaban J connectivity index is 3.10. The number of unbranched alkanes of at least 4 members (excludes halogenated alkanes) is 3. The lowest BCUT2D eigenvalue weighted by Gasteiger charge is -2.13. The summed E-state index contributed by atoms with van der Waals surface area (Å²) in [6.45, 7) is 0. The highest BCUT2D eigenvalue weighted by Gasteiger charge is 2.12. The van der Waals surface area contributed by atoms with Crippen molar-refractivity contribution in [3.63, 3.8) is 0 Å². The van der Waals surface area contributed by atoms with Gasteiger partial charge >= 0.3 is 0 Å². The summed E-state index contributed by atoms with van der Waals surface area (Å²) in [6.07, 6.45) is 3.57. The predicted molar refractivity (Wildman–Crippen MR) is 44.7 cm³/mol. The summed E-state index contributed by atoms with van der Waals surface area (Å²) in [5, 5.41) is 8.13. The number of hydrogen-bond acceptors (Lipinski definition) is 1. The van der Waals surface area contributed by atoms with Gasteiger partial charge in [0.2, 0.25) is 0 Å². The first-order valence-electron chi connectivity index (χ1n) is 3.58. The number of halogens is 2. The van der Waals surface area contributed by atoms with Gasteiger partial charge < -0.3 is 0 Å². The zero-order valence-corrected chi connectivity index (χ0v) is 7.46. The molecule has 66 valence electrons. The molecule has 0 saturated carbocycles. The van der Waals surface area contributed by atoms with Crippen molar-refractivity contribution in [2.45, 2.75) is 25.7 Å². The molecule has 11 heavy (non-hydrogen) atoms. The molecule has 0 aliphatic rings. The smallest absolute Gasteiger partial charge is 0.0621 e. The fraction of sp³-hybridized carbons (Fsp3) is 0.857. The molecule has 0 aliphatic heterocycles. The zero-order valence-electron chi connectivity index (χ0n) is 6.65. The second-order valence-corrected chi connectivity index (χ2v) is 4.70. The lowest BCUT2D eigenvalue weighted by molar-refractivity contribution is 0.698. The second kappa shape index (κ2) is 5.36. The van der Waals surface area contributed by atoms with Gasteiger partial charge in [-0.15, -0.1) is 0 Å². The minimum atomic E-state index is -3.29. The monoisotopic (exact) mass is 181 g/mol. The average molecular weight is 181 g/mol. The molecule has 0 fully saturated rings. The molecule has 0 aromatic rings. The van der Waals surface area contributed by atoms with Gasteiger partial charge in [0, 0.05) is 18.4 Å². The van der Waals surface area contributed by atoms with Gasteiger partial charge in [0.25, 0.3) is 0 Å². The summed E-state index contributed by atoms with van der Waals surface area (Å²) in [4.78, 5) is 0. The molecule has 0 bridgehead atoms. The van der Waals surface area contributed by atoms with Gasteiger partial charge in [-0.05, 0) is 12.8 Å². The quantitative estimate of drug-likeness (QED) is 0.597. The Labute approximate surface area is 68.3 Å². The summed E-state index contributed by atoms with van der Waals surface area (Å²) < 4.78 is 24.5. The second-order valence-electron chi connectivity index (χ2n) is 2.55. The summed E-state index contributed by atoms with van der Waals surface area (Å²) in [6, 6.07) is 1.98. The van der Waals surface area contributed by atoms with E-state index in [1.165, 1.54) is 0 Å². The molecule has 0 atom stereocenters. The van der Waals surface area contributed by atoms with Crippen LogP contribution in [-0.4, -0.2) is 12.0 Å². The summed E-state index contributed by atoms with van der Waals surface area (Å²) in [7, 11) is -3.29. The fourth-order valence-electron chi connectivity index (χ4n) is 0.736. The normalized spacial score (nSPS) is 12.5. The predicted octanol–water partition coefficient (Wildman–Crippen LogP) is 3.27. The van der Waals surface area contributed by atoms with E-state index in [1.807, 2.05) is 6.07 Å². The van der Waals surface area contributed by atoms with Crippen molar-refractivity contribution in [2.24, 2.45) is 0 Å². The van der Waals surface area contributed by atoms with Gasteiger partial charge in [-0.25, -0.2) is 0 Å². The van der Waals surface area contributed by atoms with Crippen LogP contribution < -0.4 is 0 Å². The Morgan fingerprint density at radius 2 is 1.91 bits per heavy atom. The van der Waals surface area contributed by atoms with Gasteiger partial charge in [-0.1, -0.05) is 6.42 Å². The zero-order chi connectivity index (χ0) is 8.74. The third-order valence-electron chi connectivity index (χ3n) is 1.29. The minimum absolute atomic E-state index is 0.0262. The lowest BCUT2D eigenvalue weighted by atomic mass is 10.2. The fourth-order valence-corrected chi connectivity index (χ4v) is 1.45. The molecule has 0 spiro atoms. The SMILES string of the molecule is CS(F)(F)CCCCCC#N. The first-order valence-corrected chi connectivity index (χ1v) is 5.59. The van der Waals surface area contributed by atoms with Crippen LogP contribution in [-0.2, 0) is 0 Å². The average Bonchev–Trinajstić information content (AvgIpc) is 1.85. The maximum Gasteiger partial charge on any atom is 0.0621 e. The van der Waals surface area contributed by atoms with Crippen molar-refractivity contribution in [3.8, 4) is 6.07 Å². The Morgan fingerprint density at radius 3 is 2.36 bits per heavy atom. The van der Waals surface area contributed by atoms with E-state index in [1.54, 1.807) is 0 Å². The Morgan fingerprint density at radius 1 is 1.27 bits per heavy atom. The van der Waals surface area contributed by atoms with Crippen LogP contribution in [0, 0.1) is 11.3 Å². The van der Waals surface area contributed by atoms with Crippen LogP contribution in [0.1, 0.15) is 25.7 Å². The molecule has 0 amide bonds. The van der Waals surface area contributed by atoms with Crippen molar-refractivity contribution < 1.29 is 7.77 Å². The number of nitriles is 1. The lowest BCUT2D eigenvalue weighted by Crippen LogP contribution is -1.90. The van der Waals surface area contributed by atoms with Crippen LogP contribution in [0.5, 0.6) is 0 Å². The highest BCUT2D eigenvalue weighted by molar-refractivity contribution is 8.24. The van der Waals surface area contributed by atoms with Crippen LogP contribution in [0.3, 0.4) is 0 Å². The van der Waals surface area contributed by atoms with E-state index >= 15 is 0 Å².